The van der Waals surface area contributed by atoms with Gasteiger partial charge in [0.15, 0.2) is 0 Å². The van der Waals surface area contributed by atoms with Gasteiger partial charge in [-0.2, -0.15) is 0 Å². The Morgan fingerprint density at radius 1 is 1.75 bits per heavy atom. The molecule has 0 spiro atoms. The van der Waals surface area contributed by atoms with Gasteiger partial charge in [-0.1, -0.05) is 0 Å². The van der Waals surface area contributed by atoms with E-state index in [0.717, 1.165) is 26.1 Å². The highest BCUT2D eigenvalue weighted by Crippen LogP contribution is 2.03. The van der Waals surface area contributed by atoms with Crippen molar-refractivity contribution in [2.24, 2.45) is 0 Å². The summed E-state index contributed by atoms with van der Waals surface area (Å²) in [4.78, 5) is 0. The van der Waals surface area contributed by atoms with Gasteiger partial charge in [-0.25, -0.2) is 0 Å². The number of ether oxygens (including phenoxy) is 1. The minimum atomic E-state index is -2.33. The molecule has 1 saturated heterocycles. The van der Waals surface area contributed by atoms with Gasteiger partial charge in [0.25, 0.3) is 0 Å². The Balaban J connectivity index is 2.22. The second-order valence-corrected chi connectivity index (χ2v) is 5.61. The fourth-order valence-corrected chi connectivity index (χ4v) is 1.87. The van der Waals surface area contributed by atoms with Gasteiger partial charge in [0, 0.05) is 34.8 Å². The molecule has 2 N–H and O–H groups in total. The molecule has 0 bridgehead atoms. The zero-order valence-electron chi connectivity index (χ0n) is 7.34. The van der Waals surface area contributed by atoms with Gasteiger partial charge >= 0.3 is 0 Å². The van der Waals surface area contributed by atoms with Crippen molar-refractivity contribution >= 4 is 9.73 Å². The third-order valence-electron chi connectivity index (χ3n) is 1.83. The minimum absolute atomic E-state index is 0.157. The maximum Gasteiger partial charge on any atom is 0.0709 e. The minimum Gasteiger partial charge on any atom is -0.376 e. The van der Waals surface area contributed by atoms with Crippen LogP contribution in [0, 0.1) is 4.78 Å². The average Bonchev–Trinajstić information content (AvgIpc) is 2.02. The van der Waals surface area contributed by atoms with E-state index in [0.29, 0.717) is 5.75 Å². The molecule has 1 heterocycles. The molecule has 0 aromatic rings. The summed E-state index contributed by atoms with van der Waals surface area (Å²) in [5, 5.41) is 3.19. The molecule has 2 atom stereocenters. The molecular formula is C7H16N2O2S. The molecule has 0 amide bonds. The maximum absolute atomic E-state index is 11.0. The second kappa shape index (κ2) is 4.20. The van der Waals surface area contributed by atoms with Crippen molar-refractivity contribution in [2.45, 2.75) is 12.5 Å². The first kappa shape index (κ1) is 9.95. The highest BCUT2D eigenvalue weighted by Gasteiger charge is 2.14. The molecule has 0 aromatic carbocycles. The molecule has 72 valence electrons. The van der Waals surface area contributed by atoms with Crippen molar-refractivity contribution in [1.82, 2.24) is 5.32 Å². The first-order valence-corrected chi connectivity index (χ1v) is 6.25. The highest BCUT2D eigenvalue weighted by atomic mass is 32.2. The van der Waals surface area contributed by atoms with Crippen LogP contribution < -0.4 is 5.32 Å². The molecule has 1 aliphatic heterocycles. The van der Waals surface area contributed by atoms with E-state index in [4.69, 9.17) is 9.52 Å². The summed E-state index contributed by atoms with van der Waals surface area (Å²) in [7, 11) is -2.33. The van der Waals surface area contributed by atoms with E-state index in [-0.39, 0.29) is 6.10 Å². The van der Waals surface area contributed by atoms with Crippen LogP contribution in [0.2, 0.25) is 0 Å². The number of morpholine rings is 1. The lowest BCUT2D eigenvalue weighted by Gasteiger charge is -2.23. The van der Waals surface area contributed by atoms with Gasteiger partial charge in [0.1, 0.15) is 0 Å². The zero-order valence-corrected chi connectivity index (χ0v) is 8.15. The fourth-order valence-electron chi connectivity index (χ4n) is 1.16. The van der Waals surface area contributed by atoms with Crippen molar-refractivity contribution < 1.29 is 8.95 Å². The predicted octanol–water partition coefficient (Wildman–Crippen LogP) is 0.0415. The first-order valence-electron chi connectivity index (χ1n) is 4.12. The third kappa shape index (κ3) is 4.04. The average molecular weight is 192 g/mol. The molecule has 12 heavy (non-hydrogen) atoms. The number of hydrogen-bond donors (Lipinski definition) is 2. The number of hydrogen-bond acceptors (Lipinski definition) is 4. The SMILES string of the molecule is CS(=N)(=O)CCC1CNCCO1. The van der Waals surface area contributed by atoms with E-state index in [9.17, 15) is 4.21 Å². The van der Waals surface area contributed by atoms with Gasteiger partial charge in [0.2, 0.25) is 0 Å². The predicted molar refractivity (Wildman–Crippen MR) is 48.9 cm³/mol. The molecule has 0 aromatic heterocycles. The first-order chi connectivity index (χ1) is 5.58. The molecule has 0 saturated carbocycles. The summed E-state index contributed by atoms with van der Waals surface area (Å²) >= 11 is 0. The maximum atomic E-state index is 11.0. The van der Waals surface area contributed by atoms with Crippen LogP contribution in [-0.4, -0.2) is 42.0 Å². The molecule has 1 fully saturated rings. The van der Waals surface area contributed by atoms with Gasteiger partial charge in [0.05, 0.1) is 12.7 Å². The molecule has 4 nitrogen and oxygen atoms in total. The largest absolute Gasteiger partial charge is 0.376 e. The monoisotopic (exact) mass is 192 g/mol. The lowest BCUT2D eigenvalue weighted by Crippen LogP contribution is -2.39. The summed E-state index contributed by atoms with van der Waals surface area (Å²) in [5.74, 6) is 0.444. The van der Waals surface area contributed by atoms with E-state index in [1.165, 1.54) is 6.26 Å². The summed E-state index contributed by atoms with van der Waals surface area (Å²) in [5.41, 5.74) is 0. The normalized spacial score (nSPS) is 29.6. The van der Waals surface area contributed by atoms with Crippen molar-refractivity contribution in [3.63, 3.8) is 0 Å². The number of nitrogens with one attached hydrogen (secondary N) is 2. The van der Waals surface area contributed by atoms with Crippen molar-refractivity contribution in [1.29, 1.82) is 4.78 Å². The lowest BCUT2D eigenvalue weighted by molar-refractivity contribution is 0.0272. The Labute approximate surface area is 73.7 Å². The van der Waals surface area contributed by atoms with Crippen LogP contribution in [0.15, 0.2) is 0 Å². The van der Waals surface area contributed by atoms with Crippen molar-refractivity contribution in [3.8, 4) is 0 Å². The fraction of sp³-hybridized carbons (Fsp3) is 1.00. The Morgan fingerprint density at radius 2 is 2.50 bits per heavy atom. The van der Waals surface area contributed by atoms with Gasteiger partial charge in [-0.15, -0.1) is 0 Å². The van der Waals surface area contributed by atoms with E-state index in [1.54, 1.807) is 0 Å². The van der Waals surface area contributed by atoms with E-state index < -0.39 is 9.73 Å². The van der Waals surface area contributed by atoms with Gasteiger partial charge < -0.3 is 10.1 Å². The molecule has 1 aliphatic rings. The van der Waals surface area contributed by atoms with Crippen LogP contribution in [0.25, 0.3) is 0 Å². The van der Waals surface area contributed by atoms with Crippen LogP contribution in [0.3, 0.4) is 0 Å². The molecular weight excluding hydrogens is 176 g/mol. The Hall–Kier alpha value is -0.130. The van der Waals surface area contributed by atoms with Crippen LogP contribution in [0.4, 0.5) is 0 Å². The van der Waals surface area contributed by atoms with Crippen LogP contribution >= 0.6 is 0 Å². The lowest BCUT2D eigenvalue weighted by atomic mass is 10.2. The van der Waals surface area contributed by atoms with Crippen molar-refractivity contribution in [2.75, 3.05) is 31.7 Å². The van der Waals surface area contributed by atoms with Crippen LogP contribution in [0.5, 0.6) is 0 Å². The molecule has 2 unspecified atom stereocenters. The summed E-state index contributed by atoms with van der Waals surface area (Å²) in [6.45, 7) is 2.46. The Bertz CT molecular complexity index is 220. The molecule has 0 aliphatic carbocycles. The molecule has 0 radical (unpaired) electrons. The molecule has 1 rings (SSSR count). The number of rotatable bonds is 3. The van der Waals surface area contributed by atoms with Crippen LogP contribution in [0.1, 0.15) is 6.42 Å². The Kier molecular flexibility index (Phi) is 3.49. The smallest absolute Gasteiger partial charge is 0.0709 e. The van der Waals surface area contributed by atoms with E-state index >= 15 is 0 Å². The standard InChI is InChI=1S/C7H16N2O2S/c1-12(8,10)5-2-7-6-9-3-4-11-7/h7-9H,2-6H2,1H3. The van der Waals surface area contributed by atoms with Gasteiger partial charge in [-0.3, -0.25) is 8.99 Å². The van der Waals surface area contributed by atoms with E-state index in [2.05, 4.69) is 5.32 Å². The van der Waals surface area contributed by atoms with Gasteiger partial charge in [-0.05, 0) is 6.42 Å². The quantitative estimate of drug-likeness (QED) is 0.663. The third-order valence-corrected chi connectivity index (χ3v) is 2.85. The topological polar surface area (TPSA) is 62.2 Å². The summed E-state index contributed by atoms with van der Waals surface area (Å²) < 4.78 is 23.6. The summed E-state index contributed by atoms with van der Waals surface area (Å²) in [6, 6.07) is 0. The Morgan fingerprint density at radius 3 is 3.00 bits per heavy atom. The molecule has 5 heteroatoms. The van der Waals surface area contributed by atoms with Crippen LogP contribution in [-0.2, 0) is 14.5 Å². The van der Waals surface area contributed by atoms with E-state index in [1.807, 2.05) is 0 Å². The zero-order chi connectivity index (χ0) is 9.03. The van der Waals surface area contributed by atoms with Crippen molar-refractivity contribution in [3.05, 3.63) is 0 Å². The highest BCUT2D eigenvalue weighted by molar-refractivity contribution is 7.91. The second-order valence-electron chi connectivity index (χ2n) is 3.19. The summed E-state index contributed by atoms with van der Waals surface area (Å²) in [6.07, 6.45) is 2.36.